The summed E-state index contributed by atoms with van der Waals surface area (Å²) in [5, 5.41) is 5.79. The number of rotatable bonds is 4. The molecule has 1 heterocycles. The van der Waals surface area contributed by atoms with Gasteiger partial charge in [-0.25, -0.2) is 4.39 Å². The van der Waals surface area contributed by atoms with E-state index in [9.17, 15) is 4.39 Å². The molecule has 1 N–H and O–H groups in total. The van der Waals surface area contributed by atoms with Crippen LogP contribution < -0.4 is 5.32 Å². The molecule has 1 aromatic heterocycles. The van der Waals surface area contributed by atoms with Crippen molar-refractivity contribution in [3.8, 4) is 0 Å². The molecule has 1 nitrogen and oxygen atoms in total. The normalized spacial score (nSPS) is 17.3. The molecule has 1 aromatic carbocycles. The second-order valence-corrected chi connectivity index (χ2v) is 7.45. The first-order valence-corrected chi connectivity index (χ1v) is 8.95. The minimum absolute atomic E-state index is 0.173. The van der Waals surface area contributed by atoms with E-state index < -0.39 is 0 Å². The van der Waals surface area contributed by atoms with Crippen LogP contribution in [0.5, 0.6) is 0 Å². The zero-order chi connectivity index (χ0) is 13.9. The van der Waals surface area contributed by atoms with E-state index in [1.807, 2.05) is 17.4 Å². The third kappa shape index (κ3) is 3.17. The molecule has 20 heavy (non-hydrogen) atoms. The zero-order valence-electron chi connectivity index (χ0n) is 11.1. The van der Waals surface area contributed by atoms with Gasteiger partial charge in [0.2, 0.25) is 0 Å². The Hall–Kier alpha value is -0.620. The molecule has 1 unspecified atom stereocenters. The Morgan fingerprint density at radius 3 is 2.70 bits per heavy atom. The van der Waals surface area contributed by atoms with Gasteiger partial charge >= 0.3 is 0 Å². The van der Waals surface area contributed by atoms with Crippen molar-refractivity contribution in [2.24, 2.45) is 5.92 Å². The van der Waals surface area contributed by atoms with Crippen molar-refractivity contribution in [3.05, 3.63) is 50.0 Å². The lowest BCUT2D eigenvalue weighted by molar-refractivity contribution is 0.475. The van der Waals surface area contributed by atoms with Gasteiger partial charge in [0.15, 0.2) is 0 Å². The molecule has 106 valence electrons. The highest BCUT2D eigenvalue weighted by Gasteiger charge is 2.27. The van der Waals surface area contributed by atoms with E-state index in [1.54, 1.807) is 6.07 Å². The fraction of sp³-hybridized carbons (Fsp3) is 0.375. The Labute approximate surface area is 136 Å². The molecule has 0 aliphatic heterocycles. The minimum atomic E-state index is -0.173. The molecule has 1 fully saturated rings. The zero-order valence-corrected chi connectivity index (χ0v) is 14.1. The smallest absolute Gasteiger partial charge is 0.124 e. The van der Waals surface area contributed by atoms with Crippen LogP contribution in [-0.4, -0.2) is 0 Å². The number of benzene rings is 1. The predicted octanol–water partition coefficient (Wildman–Crippen LogP) is 5.84. The van der Waals surface area contributed by atoms with Gasteiger partial charge in [-0.2, -0.15) is 0 Å². The van der Waals surface area contributed by atoms with Crippen LogP contribution in [0.25, 0.3) is 0 Å². The molecule has 0 bridgehead atoms. The maximum Gasteiger partial charge on any atom is 0.124 e. The highest BCUT2D eigenvalue weighted by atomic mass is 127. The van der Waals surface area contributed by atoms with Crippen molar-refractivity contribution < 1.29 is 4.39 Å². The fourth-order valence-electron chi connectivity index (χ4n) is 2.95. The van der Waals surface area contributed by atoms with Gasteiger partial charge in [-0.3, -0.25) is 0 Å². The standard InChI is InChI=1S/C16H17FINS/c17-12-7-8-14(13(18)10-12)19-16(11-4-1-2-5-11)15-6-3-9-20-15/h3,6-11,16,19H,1-2,4-5H2. The third-order valence-corrected chi connectivity index (χ3v) is 5.81. The molecule has 4 heteroatoms. The van der Waals surface area contributed by atoms with Crippen molar-refractivity contribution >= 4 is 39.6 Å². The van der Waals surface area contributed by atoms with Crippen molar-refractivity contribution in [3.63, 3.8) is 0 Å². The monoisotopic (exact) mass is 401 g/mol. The Morgan fingerprint density at radius 2 is 2.05 bits per heavy atom. The first-order valence-electron chi connectivity index (χ1n) is 6.99. The minimum Gasteiger partial charge on any atom is -0.376 e. The summed E-state index contributed by atoms with van der Waals surface area (Å²) in [6.07, 6.45) is 5.23. The highest BCUT2D eigenvalue weighted by Crippen LogP contribution is 2.40. The van der Waals surface area contributed by atoms with Crippen LogP contribution in [0.4, 0.5) is 10.1 Å². The number of hydrogen-bond donors (Lipinski definition) is 1. The highest BCUT2D eigenvalue weighted by molar-refractivity contribution is 14.1. The van der Waals surface area contributed by atoms with Crippen LogP contribution in [0.1, 0.15) is 36.6 Å². The summed E-state index contributed by atoms with van der Waals surface area (Å²) in [6.45, 7) is 0. The molecule has 1 atom stereocenters. The first kappa shape index (κ1) is 14.3. The quantitative estimate of drug-likeness (QED) is 0.636. The second-order valence-electron chi connectivity index (χ2n) is 5.31. The van der Waals surface area contributed by atoms with E-state index in [-0.39, 0.29) is 5.82 Å². The molecular weight excluding hydrogens is 384 g/mol. The SMILES string of the molecule is Fc1ccc(NC(c2cccs2)C2CCCC2)c(I)c1. The maximum atomic E-state index is 13.2. The molecule has 1 aliphatic rings. The van der Waals surface area contributed by atoms with Crippen LogP contribution in [0.2, 0.25) is 0 Å². The number of halogens is 2. The van der Waals surface area contributed by atoms with Crippen LogP contribution >= 0.6 is 33.9 Å². The lowest BCUT2D eigenvalue weighted by Gasteiger charge is -2.25. The van der Waals surface area contributed by atoms with E-state index in [0.29, 0.717) is 12.0 Å². The molecule has 1 aliphatic carbocycles. The molecule has 0 saturated heterocycles. The molecular formula is C16H17FINS. The Kier molecular flexibility index (Phi) is 4.61. The molecule has 0 radical (unpaired) electrons. The summed E-state index contributed by atoms with van der Waals surface area (Å²) in [4.78, 5) is 1.39. The first-order chi connectivity index (χ1) is 9.74. The maximum absolute atomic E-state index is 13.2. The van der Waals surface area contributed by atoms with Gasteiger partial charge in [0.05, 0.1) is 6.04 Å². The van der Waals surface area contributed by atoms with E-state index in [0.717, 1.165) is 9.26 Å². The molecule has 0 spiro atoms. The summed E-state index contributed by atoms with van der Waals surface area (Å²) in [6, 6.07) is 9.65. The molecule has 0 amide bonds. The summed E-state index contributed by atoms with van der Waals surface area (Å²) >= 11 is 4.01. The third-order valence-electron chi connectivity index (χ3n) is 3.96. The largest absolute Gasteiger partial charge is 0.376 e. The van der Waals surface area contributed by atoms with E-state index in [1.165, 1.54) is 36.6 Å². The van der Waals surface area contributed by atoms with Crippen LogP contribution in [0.15, 0.2) is 35.7 Å². The number of thiophene rings is 1. The van der Waals surface area contributed by atoms with Crippen LogP contribution in [-0.2, 0) is 0 Å². The average molecular weight is 401 g/mol. The van der Waals surface area contributed by atoms with Gasteiger partial charge in [-0.1, -0.05) is 18.9 Å². The lowest BCUT2D eigenvalue weighted by Crippen LogP contribution is -2.18. The second kappa shape index (κ2) is 6.43. The summed E-state index contributed by atoms with van der Waals surface area (Å²) in [5.74, 6) is 0.517. The average Bonchev–Trinajstić information content (AvgIpc) is 3.11. The van der Waals surface area contributed by atoms with E-state index >= 15 is 0 Å². The molecule has 3 rings (SSSR count). The molecule has 2 aromatic rings. The van der Waals surface area contributed by atoms with Crippen LogP contribution in [0.3, 0.4) is 0 Å². The predicted molar refractivity (Wildman–Crippen MR) is 91.8 cm³/mol. The fourth-order valence-corrected chi connectivity index (χ4v) is 4.46. The van der Waals surface area contributed by atoms with Gasteiger partial charge in [0.25, 0.3) is 0 Å². The summed E-state index contributed by atoms with van der Waals surface area (Å²) in [5.41, 5.74) is 1.04. The lowest BCUT2D eigenvalue weighted by atomic mass is 9.96. The van der Waals surface area contributed by atoms with Crippen molar-refractivity contribution in [1.82, 2.24) is 0 Å². The number of anilines is 1. The summed E-state index contributed by atoms with van der Waals surface area (Å²) < 4.78 is 14.2. The Bertz CT molecular complexity index is 564. The Balaban J connectivity index is 1.86. The number of nitrogens with one attached hydrogen (secondary N) is 1. The van der Waals surface area contributed by atoms with Gasteiger partial charge in [0, 0.05) is 14.1 Å². The van der Waals surface area contributed by atoms with E-state index in [2.05, 4.69) is 45.4 Å². The van der Waals surface area contributed by atoms with Gasteiger partial charge in [0.1, 0.15) is 5.82 Å². The van der Waals surface area contributed by atoms with Gasteiger partial charge < -0.3 is 5.32 Å². The van der Waals surface area contributed by atoms with Gasteiger partial charge in [-0.05, 0) is 71.0 Å². The number of hydrogen-bond acceptors (Lipinski definition) is 2. The summed E-state index contributed by atoms with van der Waals surface area (Å²) in [7, 11) is 0. The van der Waals surface area contributed by atoms with Gasteiger partial charge in [-0.15, -0.1) is 11.3 Å². The molecule has 1 saturated carbocycles. The van der Waals surface area contributed by atoms with Crippen molar-refractivity contribution in [2.45, 2.75) is 31.7 Å². The Morgan fingerprint density at radius 1 is 1.25 bits per heavy atom. The van der Waals surface area contributed by atoms with Crippen LogP contribution in [0, 0.1) is 15.3 Å². The van der Waals surface area contributed by atoms with Crippen molar-refractivity contribution in [2.75, 3.05) is 5.32 Å². The van der Waals surface area contributed by atoms with E-state index in [4.69, 9.17) is 0 Å². The topological polar surface area (TPSA) is 12.0 Å². The van der Waals surface area contributed by atoms with Crippen molar-refractivity contribution in [1.29, 1.82) is 0 Å².